The standard InChI is InChI=1S/C14H19NO4S/c16-20(17)8-4-12(5-9-20)15-10-11-2-1-3-13-14(11)19-7-6-18-13/h1-3,12,15H,4-10H2. The Balaban J connectivity index is 1.62. The van der Waals surface area contributed by atoms with Crippen LogP contribution < -0.4 is 14.8 Å². The lowest BCUT2D eigenvalue weighted by Crippen LogP contribution is -2.37. The average Bonchev–Trinajstić information content (AvgIpc) is 2.46. The van der Waals surface area contributed by atoms with Gasteiger partial charge in [0.1, 0.15) is 23.1 Å². The first-order chi connectivity index (χ1) is 9.64. The van der Waals surface area contributed by atoms with Crippen LogP contribution in [0.2, 0.25) is 0 Å². The molecule has 1 aromatic rings. The zero-order chi connectivity index (χ0) is 14.0. The van der Waals surface area contributed by atoms with Gasteiger partial charge in [-0.05, 0) is 18.9 Å². The van der Waals surface area contributed by atoms with E-state index in [2.05, 4.69) is 5.32 Å². The third-order valence-corrected chi connectivity index (χ3v) is 5.50. The molecule has 0 bridgehead atoms. The molecule has 0 amide bonds. The van der Waals surface area contributed by atoms with Crippen molar-refractivity contribution in [2.75, 3.05) is 24.7 Å². The van der Waals surface area contributed by atoms with Gasteiger partial charge in [0.15, 0.2) is 11.5 Å². The van der Waals surface area contributed by atoms with Gasteiger partial charge in [0, 0.05) is 18.2 Å². The number of hydrogen-bond acceptors (Lipinski definition) is 5. The van der Waals surface area contributed by atoms with Gasteiger partial charge in [-0.2, -0.15) is 0 Å². The second kappa shape index (κ2) is 5.61. The van der Waals surface area contributed by atoms with E-state index in [9.17, 15) is 8.42 Å². The van der Waals surface area contributed by atoms with Crippen molar-refractivity contribution in [3.8, 4) is 11.5 Å². The highest BCUT2D eigenvalue weighted by molar-refractivity contribution is 7.91. The Kier molecular flexibility index (Phi) is 3.85. The van der Waals surface area contributed by atoms with Gasteiger partial charge in [-0.1, -0.05) is 12.1 Å². The molecule has 1 saturated heterocycles. The van der Waals surface area contributed by atoms with Crippen LogP contribution in [-0.4, -0.2) is 39.2 Å². The van der Waals surface area contributed by atoms with Crippen LogP contribution in [0.4, 0.5) is 0 Å². The van der Waals surface area contributed by atoms with E-state index in [1.54, 1.807) is 0 Å². The van der Waals surface area contributed by atoms with Crippen LogP contribution >= 0.6 is 0 Å². The third-order valence-electron chi connectivity index (χ3n) is 3.78. The van der Waals surface area contributed by atoms with E-state index < -0.39 is 9.84 Å². The molecule has 2 heterocycles. The second-order valence-corrected chi connectivity index (χ2v) is 7.55. The van der Waals surface area contributed by atoms with E-state index >= 15 is 0 Å². The van der Waals surface area contributed by atoms with E-state index in [0.717, 1.165) is 17.1 Å². The zero-order valence-electron chi connectivity index (χ0n) is 11.3. The summed E-state index contributed by atoms with van der Waals surface area (Å²) in [6, 6.07) is 6.14. The van der Waals surface area contributed by atoms with Crippen molar-refractivity contribution in [3.05, 3.63) is 23.8 Å². The molecule has 0 saturated carbocycles. The Labute approximate surface area is 119 Å². The first-order valence-electron chi connectivity index (χ1n) is 6.95. The van der Waals surface area contributed by atoms with E-state index in [1.165, 1.54) is 0 Å². The Hall–Kier alpha value is -1.27. The molecule has 0 unspecified atom stereocenters. The van der Waals surface area contributed by atoms with E-state index in [0.29, 0.717) is 32.6 Å². The van der Waals surface area contributed by atoms with Gasteiger partial charge in [-0.3, -0.25) is 0 Å². The van der Waals surface area contributed by atoms with Crippen LogP contribution in [0, 0.1) is 0 Å². The molecule has 0 spiro atoms. The zero-order valence-corrected chi connectivity index (χ0v) is 12.1. The number of nitrogens with one attached hydrogen (secondary N) is 1. The van der Waals surface area contributed by atoms with Gasteiger partial charge in [-0.25, -0.2) is 8.42 Å². The van der Waals surface area contributed by atoms with Crippen LogP contribution in [0.3, 0.4) is 0 Å². The Bertz CT molecular complexity index is 571. The van der Waals surface area contributed by atoms with E-state index in [1.807, 2.05) is 18.2 Å². The highest BCUT2D eigenvalue weighted by atomic mass is 32.2. The van der Waals surface area contributed by atoms with Crippen LogP contribution in [0.15, 0.2) is 18.2 Å². The summed E-state index contributed by atoms with van der Waals surface area (Å²) in [6.07, 6.45) is 1.38. The summed E-state index contributed by atoms with van der Waals surface area (Å²) < 4.78 is 34.0. The first-order valence-corrected chi connectivity index (χ1v) is 8.77. The van der Waals surface area contributed by atoms with Crippen molar-refractivity contribution >= 4 is 9.84 Å². The van der Waals surface area contributed by atoms with Gasteiger partial charge >= 0.3 is 0 Å². The van der Waals surface area contributed by atoms with Crippen molar-refractivity contribution in [1.82, 2.24) is 5.32 Å². The minimum Gasteiger partial charge on any atom is -0.486 e. The fourth-order valence-electron chi connectivity index (χ4n) is 2.62. The largest absolute Gasteiger partial charge is 0.486 e. The smallest absolute Gasteiger partial charge is 0.165 e. The van der Waals surface area contributed by atoms with E-state index in [-0.39, 0.29) is 17.5 Å². The molecule has 2 aliphatic heterocycles. The van der Waals surface area contributed by atoms with Crippen LogP contribution in [0.25, 0.3) is 0 Å². The van der Waals surface area contributed by atoms with Crippen LogP contribution in [0.5, 0.6) is 11.5 Å². The lowest BCUT2D eigenvalue weighted by Gasteiger charge is -2.25. The number of benzene rings is 1. The maximum atomic E-state index is 11.4. The molecule has 3 rings (SSSR count). The van der Waals surface area contributed by atoms with Crippen molar-refractivity contribution in [3.63, 3.8) is 0 Å². The normalized spacial score (nSPS) is 21.6. The van der Waals surface area contributed by atoms with Crippen molar-refractivity contribution in [2.24, 2.45) is 0 Å². The first kappa shape index (κ1) is 13.7. The summed E-state index contributed by atoms with van der Waals surface area (Å²) in [5, 5.41) is 3.43. The number of ether oxygens (including phenoxy) is 2. The fraction of sp³-hybridized carbons (Fsp3) is 0.571. The van der Waals surface area contributed by atoms with Gasteiger partial charge in [0.05, 0.1) is 11.5 Å². The molecule has 2 aliphatic rings. The van der Waals surface area contributed by atoms with Gasteiger partial charge in [0.2, 0.25) is 0 Å². The minimum atomic E-state index is -2.80. The predicted molar refractivity (Wildman–Crippen MR) is 75.9 cm³/mol. The van der Waals surface area contributed by atoms with E-state index in [4.69, 9.17) is 9.47 Å². The summed E-state index contributed by atoms with van der Waals surface area (Å²) in [7, 11) is -2.80. The van der Waals surface area contributed by atoms with Gasteiger partial charge in [-0.15, -0.1) is 0 Å². The number of hydrogen-bond donors (Lipinski definition) is 1. The van der Waals surface area contributed by atoms with Gasteiger partial charge in [0.25, 0.3) is 0 Å². The SMILES string of the molecule is O=S1(=O)CCC(NCc2cccc3c2OCCO3)CC1. The Morgan fingerprint density at radius 1 is 1.15 bits per heavy atom. The molecule has 1 fully saturated rings. The van der Waals surface area contributed by atoms with Crippen molar-refractivity contribution < 1.29 is 17.9 Å². The number of sulfone groups is 1. The molecule has 0 radical (unpaired) electrons. The third kappa shape index (κ3) is 3.07. The minimum absolute atomic E-state index is 0.263. The topological polar surface area (TPSA) is 64.6 Å². The number of fused-ring (bicyclic) bond motifs is 1. The molecule has 1 N–H and O–H groups in total. The highest BCUT2D eigenvalue weighted by Gasteiger charge is 2.23. The predicted octanol–water partition coefficient (Wildman–Crippen LogP) is 1.12. The number of rotatable bonds is 3. The van der Waals surface area contributed by atoms with Crippen molar-refractivity contribution in [1.29, 1.82) is 0 Å². The molecule has 6 heteroatoms. The molecule has 110 valence electrons. The fourth-order valence-corrected chi connectivity index (χ4v) is 4.11. The molecule has 0 aliphatic carbocycles. The molecular formula is C14H19NO4S. The van der Waals surface area contributed by atoms with Crippen LogP contribution in [0.1, 0.15) is 18.4 Å². The van der Waals surface area contributed by atoms with Crippen LogP contribution in [-0.2, 0) is 16.4 Å². The summed E-state index contributed by atoms with van der Waals surface area (Å²) >= 11 is 0. The highest BCUT2D eigenvalue weighted by Crippen LogP contribution is 2.33. The maximum absolute atomic E-state index is 11.4. The van der Waals surface area contributed by atoms with Crippen molar-refractivity contribution in [2.45, 2.75) is 25.4 Å². The summed E-state index contributed by atoms with van der Waals surface area (Å²) in [5.74, 6) is 2.19. The molecule has 1 aromatic carbocycles. The summed E-state index contributed by atoms with van der Waals surface area (Å²) in [5.41, 5.74) is 1.07. The quantitative estimate of drug-likeness (QED) is 0.906. The Morgan fingerprint density at radius 2 is 1.90 bits per heavy atom. The monoisotopic (exact) mass is 297 g/mol. The molecule has 0 atom stereocenters. The molecule has 0 aromatic heterocycles. The molecular weight excluding hydrogens is 278 g/mol. The lowest BCUT2D eigenvalue weighted by molar-refractivity contribution is 0.169. The second-order valence-electron chi connectivity index (χ2n) is 5.25. The molecule has 20 heavy (non-hydrogen) atoms. The number of para-hydroxylation sites is 1. The average molecular weight is 297 g/mol. The van der Waals surface area contributed by atoms with Gasteiger partial charge < -0.3 is 14.8 Å². The Morgan fingerprint density at radius 3 is 2.70 bits per heavy atom. The lowest BCUT2D eigenvalue weighted by atomic mass is 10.1. The maximum Gasteiger partial charge on any atom is 0.165 e. The summed E-state index contributed by atoms with van der Waals surface area (Å²) in [4.78, 5) is 0. The summed E-state index contributed by atoms with van der Waals surface area (Å²) in [6.45, 7) is 1.84. The molecule has 5 nitrogen and oxygen atoms in total.